The highest BCUT2D eigenvalue weighted by Gasteiger charge is 2.38. The summed E-state index contributed by atoms with van der Waals surface area (Å²) in [7, 11) is 0. The van der Waals surface area contributed by atoms with E-state index in [0.717, 1.165) is 11.3 Å². The number of hydrogen-bond donors (Lipinski definition) is 1. The normalized spacial score (nSPS) is 17.2. The molecule has 0 saturated carbocycles. The molecule has 0 aromatic heterocycles. The van der Waals surface area contributed by atoms with E-state index in [1.807, 2.05) is 19.9 Å². The highest BCUT2D eigenvalue weighted by Crippen LogP contribution is 2.41. The summed E-state index contributed by atoms with van der Waals surface area (Å²) in [5.41, 5.74) is 5.17. The summed E-state index contributed by atoms with van der Waals surface area (Å²) in [6, 6.07) is 14.7. The largest absolute Gasteiger partial charge is 0.325 e. The van der Waals surface area contributed by atoms with Gasteiger partial charge in [-0.25, -0.2) is 0 Å². The molecule has 108 valence electrons. The minimum absolute atomic E-state index is 0.0658. The summed E-state index contributed by atoms with van der Waals surface area (Å²) in [6.45, 7) is 6.02. The van der Waals surface area contributed by atoms with Crippen LogP contribution in [-0.4, -0.2) is 5.91 Å². The summed E-state index contributed by atoms with van der Waals surface area (Å²) < 4.78 is 0. The van der Waals surface area contributed by atoms with Gasteiger partial charge in [-0.2, -0.15) is 0 Å². The number of rotatable bonds is 2. The Labute approximate surface area is 133 Å². The van der Waals surface area contributed by atoms with E-state index in [4.69, 9.17) is 0 Å². The van der Waals surface area contributed by atoms with Gasteiger partial charge in [-0.1, -0.05) is 57.9 Å². The van der Waals surface area contributed by atoms with E-state index < -0.39 is 5.41 Å². The van der Waals surface area contributed by atoms with E-state index in [-0.39, 0.29) is 10.7 Å². The van der Waals surface area contributed by atoms with Gasteiger partial charge in [0.1, 0.15) is 0 Å². The van der Waals surface area contributed by atoms with Crippen molar-refractivity contribution in [1.29, 1.82) is 0 Å². The van der Waals surface area contributed by atoms with E-state index in [1.165, 1.54) is 16.7 Å². The van der Waals surface area contributed by atoms with Crippen molar-refractivity contribution >= 4 is 27.5 Å². The summed E-state index contributed by atoms with van der Waals surface area (Å²) in [4.78, 5) is 12.2. The molecule has 1 aliphatic heterocycles. The second-order valence-electron chi connectivity index (χ2n) is 6.16. The van der Waals surface area contributed by atoms with Crippen molar-refractivity contribution < 1.29 is 4.79 Å². The fraction of sp³-hybridized carbons (Fsp3) is 0.278. The highest BCUT2D eigenvalue weighted by molar-refractivity contribution is 9.09. The Hall–Kier alpha value is -1.61. The second kappa shape index (κ2) is 4.99. The van der Waals surface area contributed by atoms with Crippen molar-refractivity contribution in [1.82, 2.24) is 0 Å². The molecule has 2 nitrogen and oxygen atoms in total. The Morgan fingerprint density at radius 1 is 1.05 bits per heavy atom. The Morgan fingerprint density at radius 2 is 1.67 bits per heavy atom. The maximum atomic E-state index is 12.0. The van der Waals surface area contributed by atoms with Crippen LogP contribution >= 0.6 is 15.9 Å². The van der Waals surface area contributed by atoms with Gasteiger partial charge in [0.05, 0.1) is 10.2 Å². The van der Waals surface area contributed by atoms with E-state index in [2.05, 4.69) is 64.6 Å². The monoisotopic (exact) mass is 343 g/mol. The molecule has 0 radical (unpaired) electrons. The number of anilines is 1. The molecule has 0 fully saturated rings. The maximum Gasteiger partial charge on any atom is 0.234 e. The standard InChI is InChI=1S/C18H18BrNO/c1-11-4-6-12(7-5-11)16(19)13-8-9-15-14(10-13)18(2,3)17(21)20-15/h4-10,16H,1-3H3,(H,20,21). The van der Waals surface area contributed by atoms with Crippen molar-refractivity contribution in [2.75, 3.05) is 5.32 Å². The first-order valence-corrected chi connectivity index (χ1v) is 7.97. The lowest BCUT2D eigenvalue weighted by Crippen LogP contribution is -2.26. The zero-order valence-corrected chi connectivity index (χ0v) is 14.0. The number of carbonyl (C=O) groups excluding carboxylic acids is 1. The van der Waals surface area contributed by atoms with Crippen molar-refractivity contribution in [3.63, 3.8) is 0 Å². The van der Waals surface area contributed by atoms with Crippen LogP contribution < -0.4 is 5.32 Å². The van der Waals surface area contributed by atoms with Crippen molar-refractivity contribution in [2.24, 2.45) is 0 Å². The Balaban J connectivity index is 2.00. The zero-order valence-electron chi connectivity index (χ0n) is 12.4. The van der Waals surface area contributed by atoms with Crippen LogP contribution in [-0.2, 0) is 10.2 Å². The molecule has 0 saturated heterocycles. The van der Waals surface area contributed by atoms with Crippen LogP contribution in [0.2, 0.25) is 0 Å². The van der Waals surface area contributed by atoms with E-state index in [1.54, 1.807) is 0 Å². The van der Waals surface area contributed by atoms with Gasteiger partial charge in [0.25, 0.3) is 0 Å². The van der Waals surface area contributed by atoms with Crippen LogP contribution in [0.15, 0.2) is 42.5 Å². The Kier molecular flexibility index (Phi) is 3.40. The van der Waals surface area contributed by atoms with Gasteiger partial charge in [-0.05, 0) is 43.5 Å². The van der Waals surface area contributed by atoms with E-state index in [9.17, 15) is 4.79 Å². The van der Waals surface area contributed by atoms with Crippen LogP contribution in [0.5, 0.6) is 0 Å². The Bertz CT molecular complexity index is 704. The molecule has 1 heterocycles. The predicted molar refractivity (Wildman–Crippen MR) is 90.0 cm³/mol. The number of carbonyl (C=O) groups is 1. The lowest BCUT2D eigenvalue weighted by atomic mass is 9.85. The quantitative estimate of drug-likeness (QED) is 0.786. The van der Waals surface area contributed by atoms with Gasteiger partial charge >= 0.3 is 0 Å². The fourth-order valence-electron chi connectivity index (χ4n) is 2.67. The van der Waals surface area contributed by atoms with Crippen LogP contribution in [0.25, 0.3) is 0 Å². The average Bonchev–Trinajstić information content (AvgIpc) is 2.69. The molecule has 0 bridgehead atoms. The summed E-state index contributed by atoms with van der Waals surface area (Å²) in [5.74, 6) is 0.0658. The van der Waals surface area contributed by atoms with Gasteiger partial charge in [0, 0.05) is 5.69 Å². The summed E-state index contributed by atoms with van der Waals surface area (Å²) in [5, 5.41) is 2.95. The molecule has 0 spiro atoms. The van der Waals surface area contributed by atoms with Crippen molar-refractivity contribution in [3.8, 4) is 0 Å². The Morgan fingerprint density at radius 3 is 2.33 bits per heavy atom. The van der Waals surface area contributed by atoms with Crippen LogP contribution in [0.1, 0.15) is 40.9 Å². The number of aryl methyl sites for hydroxylation is 1. The lowest BCUT2D eigenvalue weighted by molar-refractivity contribution is -0.119. The minimum Gasteiger partial charge on any atom is -0.325 e. The van der Waals surface area contributed by atoms with Crippen LogP contribution in [0.3, 0.4) is 0 Å². The number of amides is 1. The van der Waals surface area contributed by atoms with Gasteiger partial charge < -0.3 is 5.32 Å². The molecular formula is C18H18BrNO. The third kappa shape index (κ3) is 2.40. The van der Waals surface area contributed by atoms with Gasteiger partial charge in [-0.15, -0.1) is 0 Å². The number of halogens is 1. The minimum atomic E-state index is -0.467. The molecule has 21 heavy (non-hydrogen) atoms. The van der Waals surface area contributed by atoms with E-state index in [0.29, 0.717) is 0 Å². The number of fused-ring (bicyclic) bond motifs is 1. The smallest absolute Gasteiger partial charge is 0.234 e. The molecule has 1 unspecified atom stereocenters. The average molecular weight is 344 g/mol. The van der Waals surface area contributed by atoms with E-state index >= 15 is 0 Å². The molecule has 2 aromatic rings. The first-order valence-electron chi connectivity index (χ1n) is 7.06. The molecule has 1 N–H and O–H groups in total. The first-order chi connectivity index (χ1) is 9.89. The predicted octanol–water partition coefficient (Wildman–Crippen LogP) is 4.71. The van der Waals surface area contributed by atoms with Crippen LogP contribution in [0, 0.1) is 6.92 Å². The molecule has 3 rings (SSSR count). The van der Waals surface area contributed by atoms with Crippen molar-refractivity contribution in [3.05, 3.63) is 64.7 Å². The third-order valence-electron chi connectivity index (χ3n) is 4.20. The number of hydrogen-bond acceptors (Lipinski definition) is 1. The molecule has 1 atom stereocenters. The number of benzene rings is 2. The molecule has 1 aliphatic rings. The topological polar surface area (TPSA) is 29.1 Å². The molecule has 3 heteroatoms. The van der Waals surface area contributed by atoms with Gasteiger partial charge in [-0.3, -0.25) is 4.79 Å². The van der Waals surface area contributed by atoms with Gasteiger partial charge in [0.2, 0.25) is 5.91 Å². The van der Waals surface area contributed by atoms with Crippen LogP contribution in [0.4, 0.5) is 5.69 Å². The van der Waals surface area contributed by atoms with Crippen molar-refractivity contribution in [2.45, 2.75) is 31.0 Å². The zero-order chi connectivity index (χ0) is 15.2. The molecular weight excluding hydrogens is 326 g/mol. The molecule has 1 amide bonds. The fourth-order valence-corrected chi connectivity index (χ4v) is 3.26. The number of nitrogens with one attached hydrogen (secondary N) is 1. The molecule has 0 aliphatic carbocycles. The highest BCUT2D eigenvalue weighted by atomic mass is 79.9. The maximum absolute atomic E-state index is 12.0. The SMILES string of the molecule is Cc1ccc(C(Br)c2ccc3c(c2)C(C)(C)C(=O)N3)cc1. The third-order valence-corrected chi connectivity index (χ3v) is 5.25. The summed E-state index contributed by atoms with van der Waals surface area (Å²) >= 11 is 3.77. The first kappa shape index (κ1) is 14.3. The second-order valence-corrected chi connectivity index (χ2v) is 7.07. The van der Waals surface area contributed by atoms with Gasteiger partial charge in [0.15, 0.2) is 0 Å². The lowest BCUT2D eigenvalue weighted by Gasteiger charge is -2.18. The number of alkyl halides is 1. The molecule has 2 aromatic carbocycles. The summed E-state index contributed by atoms with van der Waals surface area (Å²) in [6.07, 6.45) is 0.